The zero-order valence-corrected chi connectivity index (χ0v) is 15.0. The number of fused-ring (bicyclic) bond motifs is 4. The monoisotopic (exact) mass is 354 g/mol. The average Bonchev–Trinajstić information content (AvgIpc) is 2.96. The molecule has 0 aliphatic rings. The number of para-hydroxylation sites is 1. The van der Waals surface area contributed by atoms with Crippen molar-refractivity contribution in [1.29, 1.82) is 0 Å². The van der Waals surface area contributed by atoms with Gasteiger partial charge in [0.15, 0.2) is 11.3 Å². The van der Waals surface area contributed by atoms with Gasteiger partial charge in [0, 0.05) is 22.3 Å². The number of nitrogens with zero attached hydrogens (tertiary/aromatic N) is 2. The summed E-state index contributed by atoms with van der Waals surface area (Å²) in [7, 11) is 4.11. The molecule has 2 aromatic carbocycles. The van der Waals surface area contributed by atoms with E-state index in [1.54, 1.807) is 0 Å². The molecule has 2 heterocycles. The Balaban J connectivity index is 1.88. The SMILES string of the molecule is CN(C)CCCOc1c2ccc(Cl)cc2nc2c1oc1ccccc12. The predicted octanol–water partition coefficient (Wildman–Crippen LogP) is 5.12. The van der Waals surface area contributed by atoms with E-state index in [-0.39, 0.29) is 0 Å². The fourth-order valence-corrected chi connectivity index (χ4v) is 3.19. The van der Waals surface area contributed by atoms with Gasteiger partial charge in [-0.15, -0.1) is 0 Å². The van der Waals surface area contributed by atoms with E-state index in [9.17, 15) is 0 Å². The van der Waals surface area contributed by atoms with Gasteiger partial charge in [-0.05, 0) is 50.8 Å². The van der Waals surface area contributed by atoms with E-state index in [0.717, 1.165) is 46.1 Å². The number of rotatable bonds is 5. The van der Waals surface area contributed by atoms with Crippen molar-refractivity contribution >= 4 is 44.6 Å². The molecule has 0 aliphatic carbocycles. The van der Waals surface area contributed by atoms with Crippen molar-refractivity contribution in [3.63, 3.8) is 0 Å². The molecule has 0 N–H and O–H groups in total. The largest absolute Gasteiger partial charge is 0.489 e. The Labute approximate surface area is 150 Å². The maximum Gasteiger partial charge on any atom is 0.196 e. The predicted molar refractivity (Wildman–Crippen MR) is 103 cm³/mol. The van der Waals surface area contributed by atoms with Gasteiger partial charge < -0.3 is 14.1 Å². The highest BCUT2D eigenvalue weighted by molar-refractivity contribution is 6.31. The van der Waals surface area contributed by atoms with Crippen LogP contribution < -0.4 is 4.74 Å². The molecule has 128 valence electrons. The summed E-state index contributed by atoms with van der Waals surface area (Å²) in [6.45, 7) is 1.59. The molecule has 0 spiro atoms. The van der Waals surface area contributed by atoms with Crippen molar-refractivity contribution in [1.82, 2.24) is 9.88 Å². The Hall–Kier alpha value is -2.30. The summed E-state index contributed by atoms with van der Waals surface area (Å²) in [6, 6.07) is 13.6. The van der Waals surface area contributed by atoms with Crippen molar-refractivity contribution in [2.45, 2.75) is 6.42 Å². The first kappa shape index (κ1) is 16.2. The molecule has 0 saturated heterocycles. The van der Waals surface area contributed by atoms with Gasteiger partial charge in [-0.2, -0.15) is 0 Å². The van der Waals surface area contributed by atoms with Crippen LogP contribution in [0, 0.1) is 0 Å². The van der Waals surface area contributed by atoms with Gasteiger partial charge in [0.2, 0.25) is 0 Å². The molecule has 4 rings (SSSR count). The second-order valence-corrected chi connectivity index (χ2v) is 6.82. The lowest BCUT2D eigenvalue weighted by atomic mass is 10.1. The first-order chi connectivity index (χ1) is 12.1. The van der Waals surface area contributed by atoms with Gasteiger partial charge in [0.05, 0.1) is 12.1 Å². The first-order valence-electron chi connectivity index (χ1n) is 8.31. The topological polar surface area (TPSA) is 38.5 Å². The molecular weight excluding hydrogens is 336 g/mol. The molecule has 0 saturated carbocycles. The zero-order chi connectivity index (χ0) is 17.4. The molecule has 2 aromatic heterocycles. The van der Waals surface area contributed by atoms with E-state index in [0.29, 0.717) is 17.2 Å². The van der Waals surface area contributed by atoms with Gasteiger partial charge in [0.1, 0.15) is 11.1 Å². The van der Waals surface area contributed by atoms with Gasteiger partial charge in [-0.1, -0.05) is 23.7 Å². The Kier molecular flexibility index (Phi) is 4.24. The van der Waals surface area contributed by atoms with Gasteiger partial charge in [-0.3, -0.25) is 0 Å². The molecule has 4 aromatic rings. The van der Waals surface area contributed by atoms with Gasteiger partial charge >= 0.3 is 0 Å². The van der Waals surface area contributed by atoms with Crippen molar-refractivity contribution < 1.29 is 9.15 Å². The molecule has 4 nitrogen and oxygen atoms in total. The second kappa shape index (κ2) is 6.54. The van der Waals surface area contributed by atoms with E-state index >= 15 is 0 Å². The third-order valence-corrected chi connectivity index (χ3v) is 4.44. The fourth-order valence-electron chi connectivity index (χ4n) is 3.03. The molecule has 0 atom stereocenters. The number of aromatic nitrogens is 1. The van der Waals surface area contributed by atoms with Crippen LogP contribution in [0.3, 0.4) is 0 Å². The summed E-state index contributed by atoms with van der Waals surface area (Å²) >= 11 is 6.17. The smallest absolute Gasteiger partial charge is 0.196 e. The number of furan rings is 1. The van der Waals surface area contributed by atoms with Crippen molar-refractivity contribution in [3.05, 3.63) is 47.5 Å². The lowest BCUT2D eigenvalue weighted by Gasteiger charge is -2.12. The number of halogens is 1. The maximum absolute atomic E-state index is 6.17. The normalized spacial score (nSPS) is 11.8. The molecule has 5 heteroatoms. The average molecular weight is 355 g/mol. The van der Waals surface area contributed by atoms with Crippen LogP contribution in [0.25, 0.3) is 33.0 Å². The molecule has 0 bridgehead atoms. The summed E-state index contributed by atoms with van der Waals surface area (Å²) < 4.78 is 12.2. The van der Waals surface area contributed by atoms with Crippen LogP contribution in [0.4, 0.5) is 0 Å². The highest BCUT2D eigenvalue weighted by Crippen LogP contribution is 2.39. The van der Waals surface area contributed by atoms with E-state index in [4.69, 9.17) is 25.7 Å². The van der Waals surface area contributed by atoms with Crippen molar-refractivity contribution in [3.8, 4) is 5.75 Å². The molecule has 0 aliphatic heterocycles. The highest BCUT2D eigenvalue weighted by Gasteiger charge is 2.17. The van der Waals surface area contributed by atoms with E-state index in [1.165, 1.54) is 0 Å². The van der Waals surface area contributed by atoms with E-state index < -0.39 is 0 Å². The summed E-state index contributed by atoms with van der Waals surface area (Å²) in [5.74, 6) is 0.742. The van der Waals surface area contributed by atoms with E-state index in [2.05, 4.69) is 19.0 Å². The quantitative estimate of drug-likeness (QED) is 0.466. The molecule has 0 radical (unpaired) electrons. The van der Waals surface area contributed by atoms with Gasteiger partial charge in [0.25, 0.3) is 0 Å². The maximum atomic E-state index is 6.17. The summed E-state index contributed by atoms with van der Waals surface area (Å²) in [4.78, 5) is 6.92. The molecule has 0 fully saturated rings. The van der Waals surface area contributed by atoms with Crippen molar-refractivity contribution in [2.24, 2.45) is 0 Å². The van der Waals surface area contributed by atoms with Crippen molar-refractivity contribution in [2.75, 3.05) is 27.2 Å². The molecule has 25 heavy (non-hydrogen) atoms. The van der Waals surface area contributed by atoms with Crippen LogP contribution in [0.2, 0.25) is 5.02 Å². The zero-order valence-electron chi connectivity index (χ0n) is 14.3. The molecular formula is C20H19ClN2O2. The molecule has 0 unspecified atom stereocenters. The van der Waals surface area contributed by atoms with Crippen LogP contribution >= 0.6 is 11.6 Å². The highest BCUT2D eigenvalue weighted by atomic mass is 35.5. The lowest BCUT2D eigenvalue weighted by molar-refractivity contribution is 0.284. The van der Waals surface area contributed by atoms with Crippen LogP contribution in [-0.4, -0.2) is 37.1 Å². The Morgan fingerprint density at radius 3 is 2.80 bits per heavy atom. The van der Waals surface area contributed by atoms with E-state index in [1.807, 2.05) is 42.5 Å². The minimum Gasteiger partial charge on any atom is -0.489 e. The first-order valence-corrected chi connectivity index (χ1v) is 8.69. The van der Waals surface area contributed by atoms with Crippen LogP contribution in [-0.2, 0) is 0 Å². The Bertz CT molecular complexity index is 1060. The number of hydrogen-bond acceptors (Lipinski definition) is 4. The third kappa shape index (κ3) is 3.03. The lowest BCUT2D eigenvalue weighted by Crippen LogP contribution is -2.15. The molecule has 0 amide bonds. The number of benzene rings is 2. The summed E-state index contributed by atoms with van der Waals surface area (Å²) in [5, 5.41) is 2.56. The summed E-state index contributed by atoms with van der Waals surface area (Å²) in [5.41, 5.74) is 3.13. The Morgan fingerprint density at radius 1 is 1.12 bits per heavy atom. The Morgan fingerprint density at radius 2 is 1.96 bits per heavy atom. The number of hydrogen-bond donors (Lipinski definition) is 0. The fraction of sp³-hybridized carbons (Fsp3) is 0.250. The standard InChI is InChI=1S/C20H19ClN2O2/c1-23(2)10-5-11-24-19-14-9-8-13(21)12-16(14)22-18-15-6-3-4-7-17(15)25-20(18)19/h3-4,6-9,12H,5,10-11H2,1-2H3. The minimum atomic E-state index is 0.617. The third-order valence-electron chi connectivity index (χ3n) is 4.21. The second-order valence-electron chi connectivity index (χ2n) is 6.38. The van der Waals surface area contributed by atoms with Crippen LogP contribution in [0.5, 0.6) is 5.75 Å². The minimum absolute atomic E-state index is 0.617. The van der Waals surface area contributed by atoms with Gasteiger partial charge in [-0.25, -0.2) is 4.98 Å². The van der Waals surface area contributed by atoms with Crippen LogP contribution in [0.15, 0.2) is 46.9 Å². The van der Waals surface area contributed by atoms with Crippen LogP contribution in [0.1, 0.15) is 6.42 Å². The number of pyridine rings is 1. The summed E-state index contributed by atoms with van der Waals surface area (Å²) in [6.07, 6.45) is 0.937. The number of ether oxygens (including phenoxy) is 1.